The molecule has 0 saturated carbocycles. The lowest BCUT2D eigenvalue weighted by Gasteiger charge is -2.13. The van der Waals surface area contributed by atoms with E-state index in [1.807, 2.05) is 133 Å². The van der Waals surface area contributed by atoms with Gasteiger partial charge in [-0.3, -0.25) is 9.59 Å². The van der Waals surface area contributed by atoms with Crippen LogP contribution in [0.15, 0.2) is 154 Å². The van der Waals surface area contributed by atoms with Crippen LogP contribution in [-0.4, -0.2) is 112 Å². The number of nitrogens with zero attached hydrogens (tertiary/aromatic N) is 12. The Hall–Kier alpha value is -12.1. The van der Waals surface area contributed by atoms with Gasteiger partial charge in [-0.05, 0) is 168 Å². The minimum atomic E-state index is -0.300. The Balaban J connectivity index is 0.000000143. The van der Waals surface area contributed by atoms with Crippen LogP contribution in [-0.2, 0) is 54.5 Å². The summed E-state index contributed by atoms with van der Waals surface area (Å²) in [4.78, 5) is 84.0. The Bertz CT molecular complexity index is 7280. The number of amides is 2. The largest absolute Gasteiger partial charge is 0.496 e. The van der Waals surface area contributed by atoms with Crippen molar-refractivity contribution >= 4 is 168 Å². The molecule has 0 aliphatic rings. The molecule has 0 radical (unpaired) electrons. The number of carbonyl (C=O) groups excluding carboxylic acids is 2. The van der Waals surface area contributed by atoms with Crippen molar-refractivity contribution in [1.29, 1.82) is 0 Å². The third-order valence-electron chi connectivity index (χ3n) is 20.2. The number of nitrogen functional groups attached to an aromatic ring is 2. The molecular formula is C101H102F4N16O8S12. The molecule has 0 aliphatic heterocycles. The molecule has 12 heterocycles. The van der Waals surface area contributed by atoms with Crippen LogP contribution in [0.1, 0.15) is 155 Å². The van der Waals surface area contributed by atoms with Gasteiger partial charge in [-0.2, -0.15) is 0 Å². The standard InChI is InChI=1S/C19H20FN3O2S2.C18H19FN2OS2.C17H16FN3O2S2.C17H19N3OS2.C16H15FN2OS2.C14H13N3OS2/c1-10(2)25-16-6-5-14(20)7-13(16)8-17-23-15(9-26-17)18-11(3)21-19(27-18)22-12(4)24;1-10(2)22-16-6-5-14(19)7-13(16)8-17-21-15(9-23-17)18-11(3)20-12(4)24-18;1-9-16(25-17(19-9)20-10(2)22)13-8-24-15(21-13)7-11-6-12(18)4-5-14(11)23-3;1-4-12-16(23-17(18)19-12)15-10(2)22-14(20-15)9-11-7-5-6-8-13(11)21-3;1-9-16(22-10(2)18-9)13-8-21-15(19-13)7-11-6-12(17)4-5-14(11)20-3;1-18-11-5-3-2-4-9(11)6-13-17-10(8-19-13)12-7-16-14(15)20-12/h5-7,9-10H,8H2,1-4H3,(H,21,22,24);5-7,9-10H,8H2,1-4H3;4-6,8H,7H2,1-3H3,(H,19,20,22);5-8H,4,9H2,1-3H3,(H2,18,19);4-6,8H,7H2,1-3H3;2-5,7-8H,6H2,1H3,(H2,15,16). The van der Waals surface area contributed by atoms with Gasteiger partial charge in [-0.25, -0.2) is 77.4 Å². The second kappa shape index (κ2) is 50.1. The lowest BCUT2D eigenvalue weighted by atomic mass is 10.1. The number of para-hydroxylation sites is 2. The van der Waals surface area contributed by atoms with Crippen molar-refractivity contribution in [2.75, 3.05) is 50.5 Å². The second-order valence-electron chi connectivity index (χ2n) is 31.8. The first kappa shape index (κ1) is 106. The molecule has 18 aromatic rings. The van der Waals surface area contributed by atoms with Crippen molar-refractivity contribution in [3.05, 3.63) is 284 Å². The maximum Gasteiger partial charge on any atom is 0.223 e. The highest BCUT2D eigenvalue weighted by molar-refractivity contribution is 7.21. The van der Waals surface area contributed by atoms with Crippen LogP contribution in [0.2, 0.25) is 0 Å². The fourth-order valence-corrected chi connectivity index (χ4v) is 25.0. The van der Waals surface area contributed by atoms with Gasteiger partial charge in [0.1, 0.15) is 57.8 Å². The smallest absolute Gasteiger partial charge is 0.223 e. The topological polar surface area (TPSA) is 320 Å². The SMILES string of the molecule is CC(=O)Nc1nc(C)c(-c2csc(Cc3cc(F)ccc3OC(C)C)n2)s1.CCc1nc(N)sc1-c1nc(Cc2ccccc2OC)sc1C.COc1ccc(F)cc1Cc1nc(-c2sc(C)nc2C)cs1.COc1ccc(F)cc1Cc1nc(-c2sc(NC(C)=O)nc2C)cs1.COc1ccccc1Cc1nc(-c2cnc(N)s2)cs1.Cc1nc(C)c(-c2csc(Cc3cc(F)ccc3OC(C)C)n2)s1. The van der Waals surface area contributed by atoms with Crippen molar-refractivity contribution in [3.63, 3.8) is 0 Å². The predicted molar refractivity (Wildman–Crippen MR) is 572 cm³/mol. The molecule has 6 aromatic carbocycles. The average Bonchev–Trinajstić information content (AvgIpc) is 1.66. The minimum Gasteiger partial charge on any atom is -0.496 e. The summed E-state index contributed by atoms with van der Waals surface area (Å²) in [6.45, 7) is 26.6. The molecule has 0 spiro atoms. The van der Waals surface area contributed by atoms with Crippen LogP contribution >= 0.6 is 136 Å². The van der Waals surface area contributed by atoms with E-state index in [9.17, 15) is 27.2 Å². The molecule has 2 amide bonds. The monoisotopic (exact) mass is 2130 g/mol. The molecule has 18 rings (SSSR count). The van der Waals surface area contributed by atoms with Crippen LogP contribution in [0.4, 0.5) is 38.1 Å². The first-order valence-electron chi connectivity index (χ1n) is 44.0. The third-order valence-corrected chi connectivity index (χ3v) is 31.6. The number of nitrogens with one attached hydrogen (secondary N) is 2. The fourth-order valence-electron chi connectivity index (χ4n) is 14.2. The number of thiazole rings is 12. The zero-order valence-electron chi connectivity index (χ0n) is 80.3. The summed E-state index contributed by atoms with van der Waals surface area (Å²) < 4.78 is 87.2. The zero-order valence-corrected chi connectivity index (χ0v) is 90.1. The maximum absolute atomic E-state index is 13.7. The second-order valence-corrected chi connectivity index (χ2v) is 44.3. The van der Waals surface area contributed by atoms with Crippen LogP contribution < -0.4 is 50.5 Å². The average molecular weight is 2130 g/mol. The summed E-state index contributed by atoms with van der Waals surface area (Å²) in [6.07, 6.45) is 6.31. The Morgan fingerprint density at radius 3 is 1.04 bits per heavy atom. The van der Waals surface area contributed by atoms with Gasteiger partial charge in [-0.1, -0.05) is 88.7 Å². The van der Waals surface area contributed by atoms with Gasteiger partial charge in [0.15, 0.2) is 20.5 Å². The molecule has 0 atom stereocenters. The normalized spacial score (nSPS) is 10.9. The summed E-state index contributed by atoms with van der Waals surface area (Å²) in [7, 11) is 6.54. The van der Waals surface area contributed by atoms with Crippen LogP contribution in [0.25, 0.3) is 63.4 Å². The number of aryl methyl sites for hydroxylation is 8. The van der Waals surface area contributed by atoms with E-state index in [2.05, 4.69) is 86.5 Å². The highest BCUT2D eigenvalue weighted by atomic mass is 32.1. The van der Waals surface area contributed by atoms with E-state index < -0.39 is 0 Å². The summed E-state index contributed by atoms with van der Waals surface area (Å²) in [5.74, 6) is 3.08. The fraction of sp³-hybridized carbons (Fsp3) is 0.267. The molecule has 40 heteroatoms. The lowest BCUT2D eigenvalue weighted by molar-refractivity contribution is -0.115. The van der Waals surface area contributed by atoms with Crippen LogP contribution in [0.5, 0.6) is 34.5 Å². The number of anilines is 4. The van der Waals surface area contributed by atoms with Crippen molar-refractivity contribution in [2.45, 2.75) is 154 Å². The molecule has 12 aromatic heterocycles. The summed E-state index contributed by atoms with van der Waals surface area (Å²) in [6, 6.07) is 34.3. The van der Waals surface area contributed by atoms with Gasteiger partial charge in [0, 0.05) is 124 Å². The van der Waals surface area contributed by atoms with Gasteiger partial charge < -0.3 is 50.5 Å². The number of aromatic nitrogens is 12. The Morgan fingerprint density at radius 2 is 0.695 bits per heavy atom. The van der Waals surface area contributed by atoms with Gasteiger partial charge in [0.25, 0.3) is 0 Å². The number of rotatable bonds is 29. The van der Waals surface area contributed by atoms with E-state index in [4.69, 9.17) is 49.9 Å². The van der Waals surface area contributed by atoms with Crippen LogP contribution in [0, 0.1) is 71.7 Å². The zero-order chi connectivity index (χ0) is 101. The number of ether oxygens (including phenoxy) is 6. The summed E-state index contributed by atoms with van der Waals surface area (Å²) >= 11 is 18.6. The molecule has 6 N–H and O–H groups in total. The van der Waals surface area contributed by atoms with Crippen molar-refractivity contribution < 1.29 is 55.6 Å². The number of carbonyl (C=O) groups is 2. The van der Waals surface area contributed by atoms with Gasteiger partial charge in [-0.15, -0.1) is 90.7 Å². The molecular weight excluding hydrogens is 2030 g/mol. The first-order valence-corrected chi connectivity index (χ1v) is 54.1. The van der Waals surface area contributed by atoms with Gasteiger partial charge >= 0.3 is 0 Å². The van der Waals surface area contributed by atoms with E-state index in [-0.39, 0.29) is 47.3 Å². The van der Waals surface area contributed by atoms with E-state index in [1.165, 1.54) is 135 Å². The molecule has 0 fully saturated rings. The Kier molecular flexibility index (Phi) is 37.7. The number of halogens is 4. The quantitative estimate of drug-likeness (QED) is 0.0316. The number of benzene rings is 6. The van der Waals surface area contributed by atoms with E-state index in [0.717, 1.165) is 196 Å². The van der Waals surface area contributed by atoms with Crippen molar-refractivity contribution in [2.24, 2.45) is 0 Å². The summed E-state index contributed by atoms with van der Waals surface area (Å²) in [5, 5.41) is 25.5. The molecule has 24 nitrogen and oxygen atoms in total. The minimum absolute atomic E-state index is 0.00751. The number of nitrogens with two attached hydrogens (primary N) is 2. The highest BCUT2D eigenvalue weighted by Crippen LogP contribution is 2.42. The first-order chi connectivity index (χ1) is 67.6. The summed E-state index contributed by atoms with van der Waals surface area (Å²) in [5.41, 5.74) is 27.1. The Morgan fingerprint density at radius 1 is 0.362 bits per heavy atom. The number of methoxy groups -OCH3 is 4. The van der Waals surface area contributed by atoms with Crippen molar-refractivity contribution in [1.82, 2.24) is 59.8 Å². The molecule has 734 valence electrons. The van der Waals surface area contributed by atoms with E-state index in [0.29, 0.717) is 69.2 Å². The predicted octanol–water partition coefficient (Wildman–Crippen LogP) is 27.1. The van der Waals surface area contributed by atoms with E-state index >= 15 is 0 Å². The van der Waals surface area contributed by atoms with E-state index in [1.54, 1.807) is 127 Å². The molecule has 0 unspecified atom stereocenters. The number of hydrogen-bond donors (Lipinski definition) is 4. The molecule has 141 heavy (non-hydrogen) atoms. The lowest BCUT2D eigenvalue weighted by Crippen LogP contribution is -2.08. The molecule has 0 aliphatic carbocycles. The van der Waals surface area contributed by atoms with Crippen molar-refractivity contribution in [3.8, 4) is 97.9 Å². The molecule has 0 bridgehead atoms. The highest BCUT2D eigenvalue weighted by Gasteiger charge is 2.24. The third kappa shape index (κ3) is 29.6. The Labute approximate surface area is 863 Å². The molecule has 0 saturated heterocycles. The maximum atomic E-state index is 13.7. The van der Waals surface area contributed by atoms with Gasteiger partial charge in [0.05, 0.1) is 173 Å². The van der Waals surface area contributed by atoms with Crippen LogP contribution in [0.3, 0.4) is 0 Å². The number of hydrogen-bond acceptors (Lipinski definition) is 34. The van der Waals surface area contributed by atoms with Gasteiger partial charge in [0.2, 0.25) is 11.8 Å².